The number of aromatic nitrogens is 1. The summed E-state index contributed by atoms with van der Waals surface area (Å²) in [6.45, 7) is 4.80. The lowest BCUT2D eigenvalue weighted by Gasteiger charge is -2.33. The first kappa shape index (κ1) is 20.9. The first-order valence-electron chi connectivity index (χ1n) is 10.2. The smallest absolute Gasteiger partial charge is 0.338 e. The fourth-order valence-corrected chi connectivity index (χ4v) is 5.17. The van der Waals surface area contributed by atoms with Gasteiger partial charge in [-0.1, -0.05) is 6.07 Å². The van der Waals surface area contributed by atoms with Crippen LogP contribution < -0.4 is 0 Å². The maximum Gasteiger partial charge on any atom is 0.338 e. The molecule has 0 aliphatic carbocycles. The van der Waals surface area contributed by atoms with Crippen molar-refractivity contribution in [1.29, 1.82) is 5.26 Å². The van der Waals surface area contributed by atoms with Gasteiger partial charge in [-0.15, -0.1) is 11.8 Å². The molecule has 3 heterocycles. The SMILES string of the molecule is Cc1c([C@@H](O)CN2CCC(CSc3ccc(C#N)cn3)CC2)ccc2c1COC2=O. The van der Waals surface area contributed by atoms with E-state index >= 15 is 0 Å². The number of fused-ring (bicyclic) bond motifs is 1. The van der Waals surface area contributed by atoms with Crippen LogP contribution in [0.25, 0.3) is 0 Å². The summed E-state index contributed by atoms with van der Waals surface area (Å²) in [5.41, 5.74) is 3.97. The summed E-state index contributed by atoms with van der Waals surface area (Å²) < 4.78 is 5.12. The highest BCUT2D eigenvalue weighted by atomic mass is 32.2. The Hall–Kier alpha value is -2.40. The number of carbonyl (C=O) groups is 1. The number of aliphatic hydroxyl groups is 1. The van der Waals surface area contributed by atoms with Gasteiger partial charge in [-0.25, -0.2) is 9.78 Å². The monoisotopic (exact) mass is 423 g/mol. The van der Waals surface area contributed by atoms with Crippen molar-refractivity contribution in [3.05, 3.63) is 58.3 Å². The molecule has 1 N–H and O–H groups in total. The molecule has 1 fully saturated rings. The van der Waals surface area contributed by atoms with E-state index in [0.29, 0.717) is 30.2 Å². The normalized spacial score (nSPS) is 18.0. The topological polar surface area (TPSA) is 86.4 Å². The number of hydrogen-bond acceptors (Lipinski definition) is 7. The molecule has 0 unspecified atom stereocenters. The lowest BCUT2D eigenvalue weighted by atomic mass is 9.94. The number of cyclic esters (lactones) is 1. The second kappa shape index (κ2) is 9.17. The van der Waals surface area contributed by atoms with Crippen molar-refractivity contribution in [3.63, 3.8) is 0 Å². The van der Waals surface area contributed by atoms with Gasteiger partial charge in [0.15, 0.2) is 0 Å². The molecule has 4 rings (SSSR count). The van der Waals surface area contributed by atoms with E-state index in [4.69, 9.17) is 10.00 Å². The average molecular weight is 424 g/mol. The minimum absolute atomic E-state index is 0.273. The third-order valence-electron chi connectivity index (χ3n) is 6.04. The Labute approximate surface area is 180 Å². The number of hydrogen-bond donors (Lipinski definition) is 1. The van der Waals surface area contributed by atoms with Crippen LogP contribution in [-0.2, 0) is 11.3 Å². The van der Waals surface area contributed by atoms with Crippen molar-refractivity contribution in [1.82, 2.24) is 9.88 Å². The fourth-order valence-electron chi connectivity index (χ4n) is 4.14. The first-order chi connectivity index (χ1) is 14.5. The number of benzene rings is 1. The van der Waals surface area contributed by atoms with E-state index in [-0.39, 0.29) is 5.97 Å². The van der Waals surface area contributed by atoms with E-state index in [1.54, 1.807) is 24.0 Å². The zero-order valence-electron chi connectivity index (χ0n) is 17.0. The van der Waals surface area contributed by atoms with Crippen LogP contribution in [0, 0.1) is 24.2 Å². The van der Waals surface area contributed by atoms with Crippen molar-refractivity contribution in [3.8, 4) is 6.07 Å². The summed E-state index contributed by atoms with van der Waals surface area (Å²) in [5, 5.41) is 20.6. The second-order valence-corrected chi connectivity index (χ2v) is 8.99. The Kier molecular flexibility index (Phi) is 6.38. The Morgan fingerprint density at radius 2 is 2.13 bits per heavy atom. The molecule has 1 aromatic carbocycles. The van der Waals surface area contributed by atoms with Crippen LogP contribution in [0.2, 0.25) is 0 Å². The van der Waals surface area contributed by atoms with Gasteiger partial charge in [0, 0.05) is 24.1 Å². The van der Waals surface area contributed by atoms with Gasteiger partial charge in [-0.05, 0) is 68.1 Å². The van der Waals surface area contributed by atoms with E-state index < -0.39 is 6.10 Å². The van der Waals surface area contributed by atoms with Crippen molar-refractivity contribution in [2.45, 2.75) is 37.5 Å². The lowest BCUT2D eigenvalue weighted by Crippen LogP contribution is -2.37. The molecule has 1 atom stereocenters. The Balaban J connectivity index is 1.26. The molecule has 156 valence electrons. The van der Waals surface area contributed by atoms with Gasteiger partial charge < -0.3 is 14.7 Å². The van der Waals surface area contributed by atoms with E-state index in [0.717, 1.165) is 53.4 Å². The molecule has 1 saturated heterocycles. The minimum atomic E-state index is -0.570. The van der Waals surface area contributed by atoms with Gasteiger partial charge in [0.1, 0.15) is 12.7 Å². The molecule has 2 aliphatic rings. The Bertz CT molecular complexity index is 963. The van der Waals surface area contributed by atoms with E-state index in [2.05, 4.69) is 16.0 Å². The molecule has 0 bridgehead atoms. The summed E-state index contributed by atoms with van der Waals surface area (Å²) in [6, 6.07) is 9.44. The second-order valence-electron chi connectivity index (χ2n) is 7.95. The van der Waals surface area contributed by atoms with Crippen LogP contribution in [0.1, 0.15) is 51.6 Å². The third-order valence-corrected chi connectivity index (χ3v) is 7.21. The number of ether oxygens (including phenoxy) is 1. The number of esters is 1. The maximum absolute atomic E-state index is 11.7. The summed E-state index contributed by atoms with van der Waals surface area (Å²) >= 11 is 1.74. The number of nitriles is 1. The molecule has 0 spiro atoms. The molecule has 0 radical (unpaired) electrons. The number of aliphatic hydroxyl groups excluding tert-OH is 1. The first-order valence-corrected chi connectivity index (χ1v) is 11.2. The summed E-state index contributed by atoms with van der Waals surface area (Å²) in [4.78, 5) is 18.4. The van der Waals surface area contributed by atoms with E-state index in [1.165, 1.54) is 0 Å². The van der Waals surface area contributed by atoms with Gasteiger partial charge in [-0.3, -0.25) is 0 Å². The van der Waals surface area contributed by atoms with Crippen LogP contribution >= 0.6 is 11.8 Å². The lowest BCUT2D eigenvalue weighted by molar-refractivity contribution is 0.0535. The van der Waals surface area contributed by atoms with Crippen molar-refractivity contribution in [2.75, 3.05) is 25.4 Å². The molecule has 30 heavy (non-hydrogen) atoms. The molecular formula is C23H25N3O3S. The summed E-state index contributed by atoms with van der Waals surface area (Å²) in [5.74, 6) is 1.38. The van der Waals surface area contributed by atoms with Gasteiger partial charge in [-0.2, -0.15) is 5.26 Å². The van der Waals surface area contributed by atoms with Crippen molar-refractivity contribution in [2.24, 2.45) is 5.92 Å². The number of pyridine rings is 1. The predicted octanol–water partition coefficient (Wildman–Crippen LogP) is 3.47. The molecule has 1 aromatic heterocycles. The molecule has 6 nitrogen and oxygen atoms in total. The Morgan fingerprint density at radius 1 is 1.33 bits per heavy atom. The highest BCUT2D eigenvalue weighted by Gasteiger charge is 2.27. The van der Waals surface area contributed by atoms with E-state index in [9.17, 15) is 9.90 Å². The molecule has 2 aliphatic heterocycles. The molecule has 2 aromatic rings. The van der Waals surface area contributed by atoms with Crippen molar-refractivity contribution < 1.29 is 14.6 Å². The fraction of sp³-hybridized carbons (Fsp3) is 0.435. The quantitative estimate of drug-likeness (QED) is 0.562. The summed E-state index contributed by atoms with van der Waals surface area (Å²) in [7, 11) is 0. The molecule has 0 amide bonds. The summed E-state index contributed by atoms with van der Waals surface area (Å²) in [6.07, 6.45) is 3.25. The van der Waals surface area contributed by atoms with E-state index in [1.807, 2.05) is 25.1 Å². The highest BCUT2D eigenvalue weighted by Crippen LogP contribution is 2.31. The van der Waals surface area contributed by atoms with Gasteiger partial charge >= 0.3 is 5.97 Å². The zero-order chi connectivity index (χ0) is 21.1. The van der Waals surface area contributed by atoms with Crippen LogP contribution in [0.5, 0.6) is 0 Å². The van der Waals surface area contributed by atoms with Crippen LogP contribution in [0.4, 0.5) is 0 Å². The number of β-amino-alcohol motifs (C(OH)–C–C–N with tert-alkyl or cyclic N) is 1. The predicted molar refractivity (Wildman–Crippen MR) is 114 cm³/mol. The number of carbonyl (C=O) groups excluding carboxylic acids is 1. The Morgan fingerprint density at radius 3 is 2.83 bits per heavy atom. The number of likely N-dealkylation sites (tertiary alicyclic amines) is 1. The number of thioether (sulfide) groups is 1. The number of piperidine rings is 1. The number of rotatable bonds is 6. The number of nitrogens with zero attached hydrogens (tertiary/aromatic N) is 3. The van der Waals surface area contributed by atoms with Crippen LogP contribution in [0.3, 0.4) is 0 Å². The zero-order valence-corrected chi connectivity index (χ0v) is 17.8. The van der Waals surface area contributed by atoms with Crippen molar-refractivity contribution >= 4 is 17.7 Å². The van der Waals surface area contributed by atoms with Gasteiger partial charge in [0.05, 0.1) is 22.3 Å². The maximum atomic E-state index is 11.7. The van der Waals surface area contributed by atoms with Crippen LogP contribution in [0.15, 0.2) is 35.5 Å². The largest absolute Gasteiger partial charge is 0.457 e. The van der Waals surface area contributed by atoms with Gasteiger partial charge in [0.25, 0.3) is 0 Å². The average Bonchev–Trinajstić information content (AvgIpc) is 3.15. The third kappa shape index (κ3) is 4.51. The van der Waals surface area contributed by atoms with Gasteiger partial charge in [0.2, 0.25) is 0 Å². The highest BCUT2D eigenvalue weighted by molar-refractivity contribution is 7.99. The minimum Gasteiger partial charge on any atom is -0.457 e. The standard InChI is InChI=1S/C23H25N3O3S/c1-15-18(3-4-19-20(15)13-29-23(19)28)21(27)12-26-8-6-16(7-9-26)14-30-22-5-2-17(10-24)11-25-22/h2-5,11,16,21,27H,6-9,12-14H2,1H3/t21-/m0/s1. The molecule has 7 heteroatoms. The molecule has 0 saturated carbocycles. The molecular weight excluding hydrogens is 398 g/mol. The van der Waals surface area contributed by atoms with Crippen LogP contribution in [-0.4, -0.2) is 46.3 Å².